The van der Waals surface area contributed by atoms with Gasteiger partial charge < -0.3 is 0 Å². The summed E-state index contributed by atoms with van der Waals surface area (Å²) >= 11 is 1.62. The second kappa shape index (κ2) is 5.40. The van der Waals surface area contributed by atoms with E-state index in [1.165, 1.54) is 18.2 Å². The van der Waals surface area contributed by atoms with Gasteiger partial charge in [0.25, 0.3) is 0 Å². The van der Waals surface area contributed by atoms with Crippen LogP contribution in [0.2, 0.25) is 0 Å². The molecule has 0 amide bonds. The van der Waals surface area contributed by atoms with Crippen LogP contribution in [0.15, 0.2) is 48.5 Å². The maximum absolute atomic E-state index is 13.2. The van der Waals surface area contributed by atoms with E-state index in [1.54, 1.807) is 41.2 Å². The van der Waals surface area contributed by atoms with E-state index >= 15 is 0 Å². The Labute approximate surface area is 120 Å². The van der Waals surface area contributed by atoms with Gasteiger partial charge in [0.1, 0.15) is 0 Å². The Hall–Kier alpha value is -0.882. The zero-order valence-corrected chi connectivity index (χ0v) is 12.6. The van der Waals surface area contributed by atoms with E-state index in [4.69, 9.17) is 0 Å². The van der Waals surface area contributed by atoms with Crippen LogP contribution in [0.1, 0.15) is 18.1 Å². The third-order valence-electron chi connectivity index (χ3n) is 2.88. The monoisotopic (exact) mass is 352 g/mol. The Kier molecular flexibility index (Phi) is 4.06. The van der Waals surface area contributed by atoms with Crippen molar-refractivity contribution in [2.45, 2.75) is 16.7 Å². The normalized spacial score (nSPS) is 14.2. The molecule has 0 heterocycles. The van der Waals surface area contributed by atoms with Gasteiger partial charge in [0, 0.05) is 0 Å². The summed E-state index contributed by atoms with van der Waals surface area (Å²) in [5, 5.41) is 0. The molecule has 0 nitrogen and oxygen atoms in total. The Morgan fingerprint density at radius 2 is 1.61 bits per heavy atom. The molecule has 92 valence electrons. The molecule has 0 aliphatic carbocycles. The van der Waals surface area contributed by atoms with Crippen LogP contribution in [0, 0.1) is 11.6 Å². The molecule has 0 bridgehead atoms. The predicted octanol–water partition coefficient (Wildman–Crippen LogP) is 3.59. The quantitative estimate of drug-likeness (QED) is 0.740. The summed E-state index contributed by atoms with van der Waals surface area (Å²) in [6.07, 6.45) is 0.697. The number of hydrogen-bond donors (Lipinski definition) is 0. The molecule has 0 fully saturated rings. The Bertz CT molecular complexity index is 550. The molecular formula is C15H13F2Sb. The minimum absolute atomic E-state index is 0.176. The van der Waals surface area contributed by atoms with E-state index in [0.29, 0.717) is 6.42 Å². The van der Waals surface area contributed by atoms with Crippen LogP contribution >= 0.6 is 0 Å². The fraction of sp³-hybridized carbons (Fsp3) is 0.200. The summed E-state index contributed by atoms with van der Waals surface area (Å²) in [6.45, 7) is 2.06. The van der Waals surface area contributed by atoms with Crippen LogP contribution < -0.4 is 0 Å². The van der Waals surface area contributed by atoms with Crippen LogP contribution in [-0.4, -0.2) is 23.0 Å². The van der Waals surface area contributed by atoms with Gasteiger partial charge in [-0.25, -0.2) is 0 Å². The van der Waals surface area contributed by atoms with Crippen molar-refractivity contribution < 1.29 is 8.78 Å². The minimum atomic E-state index is -0.228. The van der Waals surface area contributed by atoms with Crippen molar-refractivity contribution in [3.05, 3.63) is 71.3 Å². The molecule has 0 spiro atoms. The molecule has 0 N–H and O–H groups in total. The molecule has 0 aliphatic heterocycles. The summed E-state index contributed by atoms with van der Waals surface area (Å²) in [7, 11) is 0. The summed E-state index contributed by atoms with van der Waals surface area (Å²) in [6, 6.07) is 13.2. The first-order chi connectivity index (χ1) is 8.47. The van der Waals surface area contributed by atoms with Crippen LogP contribution in [0.3, 0.4) is 0 Å². The molecule has 2 radical (unpaired) electrons. The third kappa shape index (κ3) is 3.32. The fourth-order valence-electron chi connectivity index (χ4n) is 1.97. The molecule has 2 rings (SSSR count). The van der Waals surface area contributed by atoms with Gasteiger partial charge in [-0.2, -0.15) is 0 Å². The average Bonchev–Trinajstić information content (AvgIpc) is 2.28. The van der Waals surface area contributed by atoms with Gasteiger partial charge in [-0.1, -0.05) is 0 Å². The van der Waals surface area contributed by atoms with Gasteiger partial charge in [0.05, 0.1) is 0 Å². The van der Waals surface area contributed by atoms with Crippen LogP contribution in [0.4, 0.5) is 8.78 Å². The first-order valence-corrected chi connectivity index (χ1v) is 6.98. The predicted molar refractivity (Wildman–Crippen MR) is 69.6 cm³/mol. The third-order valence-corrected chi connectivity index (χ3v) is 4.07. The van der Waals surface area contributed by atoms with Gasteiger partial charge in [-0.05, 0) is 0 Å². The van der Waals surface area contributed by atoms with E-state index in [-0.39, 0.29) is 15.0 Å². The number of hydrogen-bond acceptors (Lipinski definition) is 0. The molecule has 2 aromatic rings. The summed E-state index contributed by atoms with van der Waals surface area (Å²) in [4.78, 5) is 0. The topological polar surface area (TPSA) is 0 Å². The van der Waals surface area contributed by atoms with Gasteiger partial charge in [-0.3, -0.25) is 0 Å². The molecule has 18 heavy (non-hydrogen) atoms. The van der Waals surface area contributed by atoms with Crippen molar-refractivity contribution in [2.75, 3.05) is 0 Å². The van der Waals surface area contributed by atoms with Crippen molar-refractivity contribution in [3.8, 4) is 0 Å². The standard InChI is InChI=1S/C15H13F2.Sb/c1-11(13-5-3-7-15(17)10-13)8-12-4-2-6-14(16)9-12;/h2-7,9-10H,8H2,1H3;. The summed E-state index contributed by atoms with van der Waals surface area (Å²) < 4.78 is 26.2. The Morgan fingerprint density at radius 3 is 2.22 bits per heavy atom. The first-order valence-electron chi connectivity index (χ1n) is 5.70. The van der Waals surface area contributed by atoms with Crippen molar-refractivity contribution in [1.29, 1.82) is 0 Å². The SMILES string of the molecule is C[C]([Sb])(Cc1cccc(F)c1)c1cccc(F)c1. The summed E-state index contributed by atoms with van der Waals surface area (Å²) in [5.41, 5.74) is 1.88. The van der Waals surface area contributed by atoms with E-state index < -0.39 is 0 Å². The average molecular weight is 353 g/mol. The first kappa shape index (κ1) is 13.5. The summed E-state index contributed by atoms with van der Waals surface area (Å²) in [5.74, 6) is -0.456. The van der Waals surface area contributed by atoms with E-state index in [9.17, 15) is 8.78 Å². The van der Waals surface area contributed by atoms with Crippen molar-refractivity contribution >= 4 is 23.0 Å². The van der Waals surface area contributed by atoms with Gasteiger partial charge in [0.2, 0.25) is 0 Å². The number of rotatable bonds is 3. The molecule has 3 heteroatoms. The van der Waals surface area contributed by atoms with Crippen LogP contribution in [0.25, 0.3) is 0 Å². The maximum atomic E-state index is 13.2. The van der Waals surface area contributed by atoms with E-state index in [2.05, 4.69) is 6.92 Å². The zero-order valence-electron chi connectivity index (χ0n) is 10.0. The van der Waals surface area contributed by atoms with Crippen molar-refractivity contribution in [1.82, 2.24) is 0 Å². The molecule has 0 saturated carbocycles. The molecule has 1 atom stereocenters. The van der Waals surface area contributed by atoms with Gasteiger partial charge >= 0.3 is 120 Å². The van der Waals surface area contributed by atoms with Gasteiger partial charge in [0.15, 0.2) is 0 Å². The molecule has 1 unspecified atom stereocenters. The second-order valence-corrected chi connectivity index (χ2v) is 7.41. The van der Waals surface area contributed by atoms with E-state index in [1.807, 2.05) is 12.1 Å². The number of halogens is 2. The van der Waals surface area contributed by atoms with Crippen molar-refractivity contribution in [2.24, 2.45) is 0 Å². The molecule has 2 aromatic carbocycles. The fourth-order valence-corrected chi connectivity index (χ4v) is 2.89. The molecular weight excluding hydrogens is 340 g/mol. The molecule has 0 saturated heterocycles. The van der Waals surface area contributed by atoms with Crippen molar-refractivity contribution in [3.63, 3.8) is 0 Å². The van der Waals surface area contributed by atoms with E-state index in [0.717, 1.165) is 11.1 Å². The Balaban J connectivity index is 2.26. The second-order valence-electron chi connectivity index (χ2n) is 4.59. The molecule has 0 aliphatic rings. The Morgan fingerprint density at radius 1 is 1.00 bits per heavy atom. The zero-order chi connectivity index (χ0) is 13.2. The number of benzene rings is 2. The van der Waals surface area contributed by atoms with Crippen LogP contribution in [-0.2, 0) is 9.78 Å². The molecule has 0 aromatic heterocycles. The van der Waals surface area contributed by atoms with Gasteiger partial charge in [-0.15, -0.1) is 0 Å². The van der Waals surface area contributed by atoms with Crippen LogP contribution in [0.5, 0.6) is 0 Å².